The minimum Gasteiger partial charge on any atom is -0.369 e. The third-order valence-electron chi connectivity index (χ3n) is 6.03. The summed E-state index contributed by atoms with van der Waals surface area (Å²) in [6.45, 7) is 10.7. The fourth-order valence-electron chi connectivity index (χ4n) is 4.03. The molecule has 2 aromatic carbocycles. The summed E-state index contributed by atoms with van der Waals surface area (Å²) in [5.74, 6) is 0.168. The van der Waals surface area contributed by atoms with Gasteiger partial charge in [-0.25, -0.2) is 0 Å². The SMILES string of the molecule is CCc1ccc(CCC(=O)NCCCCN2CCN(c3cccc(C)c3)CC2)cc1. The van der Waals surface area contributed by atoms with Crippen LogP contribution in [0.25, 0.3) is 0 Å². The van der Waals surface area contributed by atoms with Crippen LogP contribution in [0.1, 0.15) is 42.9 Å². The number of rotatable bonds is 10. The summed E-state index contributed by atoms with van der Waals surface area (Å²) >= 11 is 0. The van der Waals surface area contributed by atoms with Crippen LogP contribution in [0.5, 0.6) is 0 Å². The molecule has 1 fully saturated rings. The fraction of sp³-hybridized carbons (Fsp3) is 0.500. The Kier molecular flexibility index (Phi) is 8.76. The second-order valence-corrected chi connectivity index (χ2v) is 8.39. The van der Waals surface area contributed by atoms with E-state index in [1.807, 2.05) is 0 Å². The first-order valence-corrected chi connectivity index (χ1v) is 11.5. The van der Waals surface area contributed by atoms with Crippen molar-refractivity contribution in [3.8, 4) is 0 Å². The molecule has 0 aliphatic carbocycles. The molecule has 0 bridgehead atoms. The van der Waals surface area contributed by atoms with Crippen molar-refractivity contribution in [2.24, 2.45) is 0 Å². The molecule has 30 heavy (non-hydrogen) atoms. The quantitative estimate of drug-likeness (QED) is 0.599. The van der Waals surface area contributed by atoms with E-state index in [-0.39, 0.29) is 5.91 Å². The second kappa shape index (κ2) is 11.8. The van der Waals surface area contributed by atoms with Crippen LogP contribution in [0, 0.1) is 6.92 Å². The predicted molar refractivity (Wildman–Crippen MR) is 126 cm³/mol. The van der Waals surface area contributed by atoms with Gasteiger partial charge in [-0.05, 0) is 68.0 Å². The predicted octanol–water partition coefficient (Wildman–Crippen LogP) is 4.21. The summed E-state index contributed by atoms with van der Waals surface area (Å²) in [5, 5.41) is 3.08. The van der Waals surface area contributed by atoms with Crippen LogP contribution in [-0.4, -0.2) is 50.1 Å². The van der Waals surface area contributed by atoms with Crippen molar-refractivity contribution in [2.45, 2.75) is 46.0 Å². The lowest BCUT2D eigenvalue weighted by Crippen LogP contribution is -2.46. The molecule has 4 nitrogen and oxygen atoms in total. The van der Waals surface area contributed by atoms with E-state index in [0.717, 1.165) is 65.0 Å². The van der Waals surface area contributed by atoms with Crippen LogP contribution in [0.2, 0.25) is 0 Å². The zero-order valence-corrected chi connectivity index (χ0v) is 18.7. The van der Waals surface area contributed by atoms with Gasteiger partial charge in [0.15, 0.2) is 0 Å². The molecule has 3 rings (SSSR count). The van der Waals surface area contributed by atoms with E-state index in [4.69, 9.17) is 0 Å². The Labute approximate surface area is 182 Å². The number of carbonyl (C=O) groups is 1. The highest BCUT2D eigenvalue weighted by Crippen LogP contribution is 2.18. The topological polar surface area (TPSA) is 35.6 Å². The van der Waals surface area contributed by atoms with E-state index in [9.17, 15) is 4.79 Å². The number of benzene rings is 2. The van der Waals surface area contributed by atoms with Gasteiger partial charge in [-0.2, -0.15) is 0 Å². The number of nitrogens with zero attached hydrogens (tertiary/aromatic N) is 2. The lowest BCUT2D eigenvalue weighted by atomic mass is 10.1. The van der Waals surface area contributed by atoms with Gasteiger partial charge in [-0.1, -0.05) is 43.3 Å². The molecule has 1 aliphatic rings. The molecule has 0 atom stereocenters. The smallest absolute Gasteiger partial charge is 0.220 e. The number of unbranched alkanes of at least 4 members (excludes halogenated alkanes) is 1. The van der Waals surface area contributed by atoms with Crippen molar-refractivity contribution in [1.82, 2.24) is 10.2 Å². The molecule has 0 saturated carbocycles. The minimum absolute atomic E-state index is 0.168. The van der Waals surface area contributed by atoms with E-state index < -0.39 is 0 Å². The van der Waals surface area contributed by atoms with Gasteiger partial charge in [0.2, 0.25) is 5.91 Å². The molecular formula is C26H37N3O. The first kappa shape index (κ1) is 22.4. The van der Waals surface area contributed by atoms with Crippen LogP contribution in [0.4, 0.5) is 5.69 Å². The number of nitrogens with one attached hydrogen (secondary N) is 1. The van der Waals surface area contributed by atoms with Crippen molar-refractivity contribution in [3.05, 3.63) is 65.2 Å². The van der Waals surface area contributed by atoms with E-state index in [1.54, 1.807) is 0 Å². The largest absolute Gasteiger partial charge is 0.369 e. The van der Waals surface area contributed by atoms with Gasteiger partial charge >= 0.3 is 0 Å². The summed E-state index contributed by atoms with van der Waals surface area (Å²) < 4.78 is 0. The van der Waals surface area contributed by atoms with E-state index >= 15 is 0 Å². The van der Waals surface area contributed by atoms with Crippen molar-refractivity contribution in [2.75, 3.05) is 44.2 Å². The Hall–Kier alpha value is -2.33. The zero-order valence-electron chi connectivity index (χ0n) is 18.7. The Balaban J connectivity index is 1.23. The van der Waals surface area contributed by atoms with Crippen LogP contribution < -0.4 is 10.2 Å². The van der Waals surface area contributed by atoms with Crippen molar-refractivity contribution < 1.29 is 4.79 Å². The van der Waals surface area contributed by atoms with Crippen LogP contribution in [0.15, 0.2) is 48.5 Å². The molecule has 1 aliphatic heterocycles. The molecule has 2 aromatic rings. The molecule has 0 aromatic heterocycles. The number of anilines is 1. The molecule has 0 unspecified atom stereocenters. The number of carbonyl (C=O) groups excluding carboxylic acids is 1. The second-order valence-electron chi connectivity index (χ2n) is 8.39. The Bertz CT molecular complexity index is 779. The highest BCUT2D eigenvalue weighted by molar-refractivity contribution is 5.76. The van der Waals surface area contributed by atoms with E-state index in [2.05, 4.69) is 77.5 Å². The van der Waals surface area contributed by atoms with Gasteiger partial charge in [0, 0.05) is 44.8 Å². The van der Waals surface area contributed by atoms with E-state index in [1.165, 1.54) is 22.4 Å². The lowest BCUT2D eigenvalue weighted by Gasteiger charge is -2.36. The molecule has 1 amide bonds. The third kappa shape index (κ3) is 7.17. The number of piperazine rings is 1. The van der Waals surface area contributed by atoms with Gasteiger partial charge in [0.05, 0.1) is 0 Å². The van der Waals surface area contributed by atoms with Crippen molar-refractivity contribution >= 4 is 11.6 Å². The van der Waals surface area contributed by atoms with Crippen LogP contribution in [-0.2, 0) is 17.6 Å². The molecule has 1 saturated heterocycles. The molecule has 1 N–H and O–H groups in total. The molecule has 0 spiro atoms. The summed E-state index contributed by atoms with van der Waals surface area (Å²) in [7, 11) is 0. The highest BCUT2D eigenvalue weighted by Gasteiger charge is 2.16. The first-order valence-electron chi connectivity index (χ1n) is 11.5. The van der Waals surface area contributed by atoms with Gasteiger partial charge in [-0.3, -0.25) is 9.69 Å². The van der Waals surface area contributed by atoms with Crippen LogP contribution in [0.3, 0.4) is 0 Å². The maximum absolute atomic E-state index is 12.1. The van der Waals surface area contributed by atoms with Crippen molar-refractivity contribution in [3.63, 3.8) is 0 Å². The maximum atomic E-state index is 12.1. The van der Waals surface area contributed by atoms with E-state index in [0.29, 0.717) is 6.42 Å². The lowest BCUT2D eigenvalue weighted by molar-refractivity contribution is -0.121. The Morgan fingerprint density at radius 1 is 0.967 bits per heavy atom. The number of amides is 1. The summed E-state index contributed by atoms with van der Waals surface area (Å²) in [4.78, 5) is 17.1. The number of hydrogen-bond acceptors (Lipinski definition) is 3. The Morgan fingerprint density at radius 2 is 1.70 bits per heavy atom. The number of aryl methyl sites for hydroxylation is 3. The number of hydrogen-bond donors (Lipinski definition) is 1. The summed E-state index contributed by atoms with van der Waals surface area (Å²) in [6, 6.07) is 17.4. The molecular weight excluding hydrogens is 370 g/mol. The molecule has 4 heteroatoms. The first-order chi connectivity index (χ1) is 14.6. The zero-order chi connectivity index (χ0) is 21.2. The summed E-state index contributed by atoms with van der Waals surface area (Å²) in [6.07, 6.45) is 4.65. The normalized spacial score (nSPS) is 14.7. The summed E-state index contributed by atoms with van der Waals surface area (Å²) in [5.41, 5.74) is 5.26. The van der Waals surface area contributed by atoms with Gasteiger partial charge in [0.25, 0.3) is 0 Å². The minimum atomic E-state index is 0.168. The Morgan fingerprint density at radius 3 is 2.40 bits per heavy atom. The third-order valence-corrected chi connectivity index (χ3v) is 6.03. The maximum Gasteiger partial charge on any atom is 0.220 e. The van der Waals surface area contributed by atoms with Gasteiger partial charge in [0.1, 0.15) is 0 Å². The molecule has 1 heterocycles. The average Bonchev–Trinajstić information content (AvgIpc) is 2.78. The van der Waals surface area contributed by atoms with Gasteiger partial charge < -0.3 is 10.2 Å². The monoisotopic (exact) mass is 407 g/mol. The molecule has 0 radical (unpaired) electrons. The fourth-order valence-corrected chi connectivity index (χ4v) is 4.03. The van der Waals surface area contributed by atoms with Crippen LogP contribution >= 0.6 is 0 Å². The van der Waals surface area contributed by atoms with Gasteiger partial charge in [-0.15, -0.1) is 0 Å². The molecule has 162 valence electrons. The standard InChI is InChI=1S/C26H37N3O/c1-3-23-9-11-24(12-10-23)13-14-26(30)27-15-4-5-16-28-17-19-29(20-18-28)25-8-6-7-22(2)21-25/h6-12,21H,3-5,13-20H2,1-2H3,(H,27,30). The average molecular weight is 408 g/mol. The van der Waals surface area contributed by atoms with Crippen molar-refractivity contribution in [1.29, 1.82) is 0 Å². The highest BCUT2D eigenvalue weighted by atomic mass is 16.1.